The maximum Gasteiger partial charge on any atom is 0.152 e. The molecule has 6 heteroatoms. The molecular formula is C12H16N6. The molecule has 1 aliphatic rings. The molecule has 0 aliphatic carbocycles. The predicted octanol–water partition coefficient (Wildman–Crippen LogP) is 1.13. The summed E-state index contributed by atoms with van der Waals surface area (Å²) in [6.45, 7) is 5.56. The molecule has 0 fully saturated rings. The van der Waals surface area contributed by atoms with E-state index in [1.807, 2.05) is 18.2 Å². The topological polar surface area (TPSA) is 58.9 Å². The Morgan fingerprint density at radius 1 is 1.33 bits per heavy atom. The van der Waals surface area contributed by atoms with Gasteiger partial charge in [-0.05, 0) is 19.1 Å². The molecule has 2 aromatic rings. The highest BCUT2D eigenvalue weighted by molar-refractivity contribution is 5.47. The monoisotopic (exact) mass is 244 g/mol. The van der Waals surface area contributed by atoms with Crippen molar-refractivity contribution in [3.05, 3.63) is 30.4 Å². The van der Waals surface area contributed by atoms with Crippen molar-refractivity contribution in [1.29, 1.82) is 0 Å². The van der Waals surface area contributed by atoms with Crippen LogP contribution in [0, 0.1) is 0 Å². The Hall–Kier alpha value is -2.11. The van der Waals surface area contributed by atoms with E-state index >= 15 is 0 Å². The van der Waals surface area contributed by atoms with E-state index in [9.17, 15) is 0 Å². The number of rotatable bonds is 3. The largest absolute Gasteiger partial charge is 0.370 e. The van der Waals surface area contributed by atoms with Crippen molar-refractivity contribution in [2.24, 2.45) is 0 Å². The van der Waals surface area contributed by atoms with Crippen LogP contribution in [0.15, 0.2) is 24.5 Å². The van der Waals surface area contributed by atoms with Crippen molar-refractivity contribution in [2.75, 3.05) is 23.3 Å². The van der Waals surface area contributed by atoms with Gasteiger partial charge < -0.3 is 14.8 Å². The summed E-state index contributed by atoms with van der Waals surface area (Å²) in [5.41, 5.74) is 0. The number of hydrogen-bond acceptors (Lipinski definition) is 5. The van der Waals surface area contributed by atoms with Crippen LogP contribution in [0.4, 0.5) is 11.6 Å². The Morgan fingerprint density at radius 2 is 2.28 bits per heavy atom. The number of fused-ring (bicyclic) bond motifs is 1. The van der Waals surface area contributed by atoms with Gasteiger partial charge in [0.2, 0.25) is 0 Å². The minimum absolute atomic E-state index is 0.766. The summed E-state index contributed by atoms with van der Waals surface area (Å²) in [5.74, 6) is 2.90. The lowest BCUT2D eigenvalue weighted by atomic mass is 10.3. The van der Waals surface area contributed by atoms with Gasteiger partial charge in [0, 0.05) is 19.6 Å². The van der Waals surface area contributed by atoms with Crippen molar-refractivity contribution < 1.29 is 0 Å². The molecule has 1 aliphatic heterocycles. The maximum atomic E-state index is 4.60. The van der Waals surface area contributed by atoms with Gasteiger partial charge in [-0.2, -0.15) is 0 Å². The van der Waals surface area contributed by atoms with Gasteiger partial charge in [-0.1, -0.05) is 6.07 Å². The molecule has 0 aromatic carbocycles. The second kappa shape index (κ2) is 4.64. The molecule has 3 rings (SSSR count). The van der Waals surface area contributed by atoms with Crippen molar-refractivity contribution in [3.8, 4) is 0 Å². The number of nitrogens with one attached hydrogen (secondary N) is 1. The first-order valence-electron chi connectivity index (χ1n) is 6.19. The van der Waals surface area contributed by atoms with E-state index in [1.54, 1.807) is 6.33 Å². The Morgan fingerprint density at radius 3 is 3.17 bits per heavy atom. The molecule has 6 nitrogen and oxygen atoms in total. The number of hydrogen-bond donors (Lipinski definition) is 1. The normalized spacial score (nSPS) is 14.4. The lowest BCUT2D eigenvalue weighted by Crippen LogP contribution is -2.34. The van der Waals surface area contributed by atoms with Gasteiger partial charge >= 0.3 is 0 Å². The average Bonchev–Trinajstić information content (AvgIpc) is 2.86. The number of anilines is 2. The van der Waals surface area contributed by atoms with Crippen LogP contribution in [-0.2, 0) is 13.1 Å². The minimum atomic E-state index is 0.766. The number of nitrogens with zero attached hydrogens (tertiary/aromatic N) is 5. The third-order valence-electron chi connectivity index (χ3n) is 3.06. The highest BCUT2D eigenvalue weighted by Gasteiger charge is 2.18. The van der Waals surface area contributed by atoms with E-state index in [-0.39, 0.29) is 0 Å². The lowest BCUT2D eigenvalue weighted by molar-refractivity contribution is 0.556. The molecule has 0 spiro atoms. The van der Waals surface area contributed by atoms with Crippen molar-refractivity contribution in [1.82, 2.24) is 19.7 Å². The third kappa shape index (κ3) is 2.01. The van der Waals surface area contributed by atoms with Crippen LogP contribution in [0.25, 0.3) is 0 Å². The molecule has 0 radical (unpaired) electrons. The summed E-state index contributed by atoms with van der Waals surface area (Å²) in [7, 11) is 0. The van der Waals surface area contributed by atoms with Gasteiger partial charge in [0.15, 0.2) is 5.82 Å². The van der Waals surface area contributed by atoms with Crippen LogP contribution >= 0.6 is 0 Å². The summed E-state index contributed by atoms with van der Waals surface area (Å²) in [4.78, 5) is 6.83. The van der Waals surface area contributed by atoms with Crippen LogP contribution in [0.1, 0.15) is 12.7 Å². The number of pyridine rings is 1. The predicted molar refractivity (Wildman–Crippen MR) is 69.5 cm³/mol. The molecule has 3 heterocycles. The molecule has 0 saturated heterocycles. The summed E-state index contributed by atoms with van der Waals surface area (Å²) in [5, 5.41) is 11.3. The Bertz CT molecular complexity index is 535. The van der Waals surface area contributed by atoms with Crippen LogP contribution < -0.4 is 10.2 Å². The van der Waals surface area contributed by atoms with E-state index in [0.717, 1.165) is 43.6 Å². The molecular weight excluding hydrogens is 228 g/mol. The van der Waals surface area contributed by atoms with E-state index in [0.29, 0.717) is 0 Å². The first-order chi connectivity index (χ1) is 8.86. The van der Waals surface area contributed by atoms with E-state index < -0.39 is 0 Å². The minimum Gasteiger partial charge on any atom is -0.370 e. The van der Waals surface area contributed by atoms with Crippen LogP contribution in [0.5, 0.6) is 0 Å². The fraction of sp³-hybridized carbons (Fsp3) is 0.417. The second-order valence-corrected chi connectivity index (χ2v) is 4.27. The van der Waals surface area contributed by atoms with Crippen LogP contribution in [0.2, 0.25) is 0 Å². The SMILES string of the molecule is CCNc1cccc(N2CCn3cnnc3C2)n1. The quantitative estimate of drug-likeness (QED) is 0.877. The van der Waals surface area contributed by atoms with E-state index in [2.05, 4.69) is 36.9 Å². The molecule has 0 bridgehead atoms. The zero-order valence-electron chi connectivity index (χ0n) is 10.4. The van der Waals surface area contributed by atoms with Crippen molar-refractivity contribution in [2.45, 2.75) is 20.0 Å². The first kappa shape index (κ1) is 11.0. The zero-order chi connectivity index (χ0) is 12.4. The highest BCUT2D eigenvalue weighted by Crippen LogP contribution is 2.19. The Labute approximate surface area is 106 Å². The summed E-state index contributed by atoms with van der Waals surface area (Å²) in [6, 6.07) is 6.05. The second-order valence-electron chi connectivity index (χ2n) is 4.27. The molecule has 1 N–H and O–H groups in total. The van der Waals surface area contributed by atoms with Crippen LogP contribution in [-0.4, -0.2) is 32.8 Å². The summed E-state index contributed by atoms with van der Waals surface area (Å²) < 4.78 is 2.09. The van der Waals surface area contributed by atoms with Gasteiger partial charge in [0.1, 0.15) is 18.0 Å². The average molecular weight is 244 g/mol. The van der Waals surface area contributed by atoms with Gasteiger partial charge in [-0.3, -0.25) is 0 Å². The number of aromatic nitrogens is 4. The van der Waals surface area contributed by atoms with Gasteiger partial charge in [0.25, 0.3) is 0 Å². The smallest absolute Gasteiger partial charge is 0.152 e. The van der Waals surface area contributed by atoms with Crippen LogP contribution in [0.3, 0.4) is 0 Å². The molecule has 0 amide bonds. The summed E-state index contributed by atoms with van der Waals surface area (Å²) in [6.07, 6.45) is 1.79. The molecule has 0 saturated carbocycles. The Balaban J connectivity index is 1.81. The maximum absolute atomic E-state index is 4.60. The Kier molecular flexibility index (Phi) is 2.84. The van der Waals surface area contributed by atoms with E-state index in [4.69, 9.17) is 0 Å². The first-order valence-corrected chi connectivity index (χ1v) is 6.19. The zero-order valence-corrected chi connectivity index (χ0v) is 10.4. The molecule has 94 valence electrons. The van der Waals surface area contributed by atoms with Crippen molar-refractivity contribution in [3.63, 3.8) is 0 Å². The summed E-state index contributed by atoms with van der Waals surface area (Å²) >= 11 is 0. The fourth-order valence-corrected chi connectivity index (χ4v) is 2.14. The van der Waals surface area contributed by atoms with Crippen molar-refractivity contribution >= 4 is 11.6 Å². The molecule has 0 unspecified atom stereocenters. The highest BCUT2D eigenvalue weighted by atomic mass is 15.3. The third-order valence-corrected chi connectivity index (χ3v) is 3.06. The molecule has 18 heavy (non-hydrogen) atoms. The standard InChI is InChI=1S/C12H16N6/c1-2-13-10-4-3-5-11(15-10)17-6-7-18-9-14-16-12(18)8-17/h3-5,9H,2,6-8H2,1H3,(H,13,15). The van der Waals surface area contributed by atoms with Gasteiger partial charge in [-0.15, -0.1) is 10.2 Å². The lowest BCUT2D eigenvalue weighted by Gasteiger charge is -2.28. The van der Waals surface area contributed by atoms with E-state index in [1.165, 1.54) is 0 Å². The van der Waals surface area contributed by atoms with Gasteiger partial charge in [-0.25, -0.2) is 4.98 Å². The fourth-order valence-electron chi connectivity index (χ4n) is 2.14. The van der Waals surface area contributed by atoms with Gasteiger partial charge in [0.05, 0.1) is 6.54 Å². The molecule has 2 aromatic heterocycles. The molecule has 0 atom stereocenters.